The van der Waals surface area contributed by atoms with Crippen molar-refractivity contribution in [3.63, 3.8) is 0 Å². The van der Waals surface area contributed by atoms with Crippen LogP contribution in [0.4, 0.5) is 0 Å². The standard InChI is InChI=1S/C14H18ClNO3S/c1-4-20-11-7-9(15)5-6-10(11)12(17)16-8-14(2,3)13(18)19/h5-7H,4,8H2,1-3H3,(H,16,17)(H,18,19). The maximum atomic E-state index is 12.2. The minimum atomic E-state index is -1.000. The van der Waals surface area contributed by atoms with E-state index in [-0.39, 0.29) is 12.5 Å². The number of aliphatic carboxylic acids is 1. The molecule has 1 amide bonds. The third-order valence-electron chi connectivity index (χ3n) is 2.76. The first-order valence-corrected chi connectivity index (χ1v) is 7.58. The molecule has 4 nitrogen and oxygen atoms in total. The van der Waals surface area contributed by atoms with Crippen molar-refractivity contribution in [2.45, 2.75) is 25.7 Å². The van der Waals surface area contributed by atoms with E-state index in [0.717, 1.165) is 10.6 Å². The summed E-state index contributed by atoms with van der Waals surface area (Å²) in [4.78, 5) is 24.0. The summed E-state index contributed by atoms with van der Waals surface area (Å²) in [5, 5.41) is 12.3. The highest BCUT2D eigenvalue weighted by Crippen LogP contribution is 2.26. The van der Waals surface area contributed by atoms with Gasteiger partial charge in [0.25, 0.3) is 5.91 Å². The second-order valence-electron chi connectivity index (χ2n) is 4.95. The highest BCUT2D eigenvalue weighted by molar-refractivity contribution is 7.99. The van der Waals surface area contributed by atoms with Gasteiger partial charge >= 0.3 is 5.97 Å². The zero-order valence-corrected chi connectivity index (χ0v) is 13.3. The van der Waals surface area contributed by atoms with Gasteiger partial charge in [-0.1, -0.05) is 18.5 Å². The smallest absolute Gasteiger partial charge is 0.310 e. The summed E-state index contributed by atoms with van der Waals surface area (Å²) in [7, 11) is 0. The molecule has 0 saturated carbocycles. The largest absolute Gasteiger partial charge is 0.481 e. The SMILES string of the molecule is CCSc1cc(Cl)ccc1C(=O)NCC(C)(C)C(=O)O. The summed E-state index contributed by atoms with van der Waals surface area (Å²) >= 11 is 7.45. The van der Waals surface area contributed by atoms with E-state index in [9.17, 15) is 9.59 Å². The number of carboxylic acid groups (broad SMARTS) is 1. The van der Waals surface area contributed by atoms with Crippen LogP contribution in [0, 0.1) is 5.41 Å². The molecule has 0 radical (unpaired) electrons. The van der Waals surface area contributed by atoms with Gasteiger partial charge in [0.15, 0.2) is 0 Å². The van der Waals surface area contributed by atoms with Crippen molar-refractivity contribution in [2.24, 2.45) is 5.41 Å². The number of nitrogens with one attached hydrogen (secondary N) is 1. The van der Waals surface area contributed by atoms with E-state index in [1.54, 1.807) is 32.0 Å². The Morgan fingerprint density at radius 2 is 2.05 bits per heavy atom. The minimum absolute atomic E-state index is 0.0695. The number of thioether (sulfide) groups is 1. The molecular weight excluding hydrogens is 298 g/mol. The van der Waals surface area contributed by atoms with Crippen LogP contribution in [0.1, 0.15) is 31.1 Å². The third-order valence-corrected chi connectivity index (χ3v) is 3.93. The molecule has 0 bridgehead atoms. The first-order chi connectivity index (χ1) is 9.27. The van der Waals surface area contributed by atoms with Crippen LogP contribution in [-0.2, 0) is 4.79 Å². The molecule has 0 saturated heterocycles. The average Bonchev–Trinajstić information content (AvgIpc) is 2.36. The number of benzene rings is 1. The fraction of sp³-hybridized carbons (Fsp3) is 0.429. The van der Waals surface area contributed by atoms with Crippen LogP contribution in [0.25, 0.3) is 0 Å². The van der Waals surface area contributed by atoms with Crippen LogP contribution in [-0.4, -0.2) is 29.3 Å². The molecule has 1 rings (SSSR count). The highest BCUT2D eigenvalue weighted by atomic mass is 35.5. The first kappa shape index (κ1) is 16.9. The van der Waals surface area contributed by atoms with Gasteiger partial charge in [-0.25, -0.2) is 0 Å². The number of carboxylic acids is 1. The lowest BCUT2D eigenvalue weighted by molar-refractivity contribution is -0.146. The summed E-state index contributed by atoms with van der Waals surface area (Å²) in [6.07, 6.45) is 0. The number of hydrogen-bond donors (Lipinski definition) is 2. The van der Waals surface area contributed by atoms with Crippen molar-refractivity contribution in [1.82, 2.24) is 5.32 Å². The Labute approximate surface area is 127 Å². The molecule has 6 heteroatoms. The molecule has 1 aromatic carbocycles. The van der Waals surface area contributed by atoms with Gasteiger partial charge in [-0.05, 0) is 37.8 Å². The van der Waals surface area contributed by atoms with Gasteiger partial charge in [-0.15, -0.1) is 11.8 Å². The predicted octanol–water partition coefficient (Wildman–Crippen LogP) is 3.29. The molecular formula is C14H18ClNO3S. The summed E-state index contributed by atoms with van der Waals surface area (Å²) in [6, 6.07) is 5.05. The van der Waals surface area contributed by atoms with Gasteiger partial charge < -0.3 is 10.4 Å². The van der Waals surface area contributed by atoms with E-state index < -0.39 is 11.4 Å². The van der Waals surface area contributed by atoms with E-state index in [4.69, 9.17) is 16.7 Å². The molecule has 0 fully saturated rings. The fourth-order valence-electron chi connectivity index (χ4n) is 1.43. The van der Waals surface area contributed by atoms with E-state index in [1.807, 2.05) is 6.92 Å². The lowest BCUT2D eigenvalue weighted by Gasteiger charge is -2.20. The van der Waals surface area contributed by atoms with Crippen molar-refractivity contribution >= 4 is 35.2 Å². The molecule has 0 heterocycles. The maximum absolute atomic E-state index is 12.2. The Balaban J connectivity index is 2.85. The van der Waals surface area contributed by atoms with Crippen LogP contribution < -0.4 is 5.32 Å². The quantitative estimate of drug-likeness (QED) is 0.791. The second-order valence-corrected chi connectivity index (χ2v) is 6.69. The topological polar surface area (TPSA) is 66.4 Å². The Hall–Kier alpha value is -1.20. The molecule has 1 aromatic rings. The predicted molar refractivity (Wildman–Crippen MR) is 81.6 cm³/mol. The van der Waals surface area contributed by atoms with E-state index in [2.05, 4.69) is 5.32 Å². The normalized spacial score (nSPS) is 11.2. The molecule has 0 aliphatic rings. The molecule has 2 N–H and O–H groups in total. The zero-order chi connectivity index (χ0) is 15.3. The molecule has 0 unspecified atom stereocenters. The number of carbonyl (C=O) groups excluding carboxylic acids is 1. The molecule has 20 heavy (non-hydrogen) atoms. The summed E-state index contributed by atoms with van der Waals surface area (Å²) in [5.41, 5.74) is -0.484. The van der Waals surface area contributed by atoms with E-state index in [1.165, 1.54) is 11.8 Å². The molecule has 0 spiro atoms. The van der Waals surface area contributed by atoms with Gasteiger partial charge in [0.1, 0.15) is 0 Å². The number of carbonyl (C=O) groups is 2. The number of rotatable bonds is 6. The molecule has 0 aromatic heterocycles. The Morgan fingerprint density at radius 1 is 1.40 bits per heavy atom. The van der Waals surface area contributed by atoms with Crippen molar-refractivity contribution in [1.29, 1.82) is 0 Å². The highest BCUT2D eigenvalue weighted by Gasteiger charge is 2.28. The molecule has 0 aliphatic carbocycles. The average molecular weight is 316 g/mol. The van der Waals surface area contributed by atoms with Crippen molar-refractivity contribution in [3.8, 4) is 0 Å². The van der Waals surface area contributed by atoms with Crippen LogP contribution in [0.2, 0.25) is 5.02 Å². The third kappa shape index (κ3) is 4.42. The van der Waals surface area contributed by atoms with Crippen LogP contribution in [0.3, 0.4) is 0 Å². The zero-order valence-electron chi connectivity index (χ0n) is 11.7. The van der Waals surface area contributed by atoms with Crippen LogP contribution in [0.15, 0.2) is 23.1 Å². The summed E-state index contributed by atoms with van der Waals surface area (Å²) in [6.45, 7) is 5.19. The Bertz CT molecular complexity index is 517. The van der Waals surface area contributed by atoms with Crippen molar-refractivity contribution in [3.05, 3.63) is 28.8 Å². The van der Waals surface area contributed by atoms with Gasteiger partial charge in [-0.2, -0.15) is 0 Å². The van der Waals surface area contributed by atoms with Gasteiger partial charge in [0.05, 0.1) is 11.0 Å². The van der Waals surface area contributed by atoms with Crippen LogP contribution >= 0.6 is 23.4 Å². The van der Waals surface area contributed by atoms with Gasteiger partial charge in [0.2, 0.25) is 0 Å². The Kier molecular flexibility index (Phi) is 5.89. The van der Waals surface area contributed by atoms with Crippen LogP contribution in [0.5, 0.6) is 0 Å². The molecule has 110 valence electrons. The van der Waals surface area contributed by atoms with Crippen molar-refractivity contribution in [2.75, 3.05) is 12.3 Å². The van der Waals surface area contributed by atoms with Crippen molar-refractivity contribution < 1.29 is 14.7 Å². The van der Waals surface area contributed by atoms with E-state index >= 15 is 0 Å². The maximum Gasteiger partial charge on any atom is 0.310 e. The minimum Gasteiger partial charge on any atom is -0.481 e. The molecule has 0 atom stereocenters. The molecule has 0 aliphatic heterocycles. The monoisotopic (exact) mass is 315 g/mol. The summed E-state index contributed by atoms with van der Waals surface area (Å²) < 4.78 is 0. The number of amides is 1. The fourth-order valence-corrected chi connectivity index (χ4v) is 2.51. The van der Waals surface area contributed by atoms with E-state index in [0.29, 0.717) is 10.6 Å². The first-order valence-electron chi connectivity index (χ1n) is 6.22. The number of halogens is 1. The lowest BCUT2D eigenvalue weighted by atomic mass is 9.94. The van der Waals surface area contributed by atoms with Gasteiger partial charge in [0, 0.05) is 16.5 Å². The Morgan fingerprint density at radius 3 is 2.60 bits per heavy atom. The lowest BCUT2D eigenvalue weighted by Crippen LogP contribution is -2.39. The van der Waals surface area contributed by atoms with Gasteiger partial charge in [-0.3, -0.25) is 9.59 Å². The summed E-state index contributed by atoms with van der Waals surface area (Å²) in [5.74, 6) is -0.412. The second kappa shape index (κ2) is 6.99. The number of hydrogen-bond acceptors (Lipinski definition) is 3.